The van der Waals surface area contributed by atoms with Crippen molar-refractivity contribution in [2.24, 2.45) is 0 Å². The second-order valence-corrected chi connectivity index (χ2v) is 3.55. The van der Waals surface area contributed by atoms with E-state index in [0.29, 0.717) is 24.2 Å². The first kappa shape index (κ1) is 14.3. The van der Waals surface area contributed by atoms with Crippen LogP contribution in [0.5, 0.6) is 0 Å². The number of hydrogen-bond acceptors (Lipinski definition) is 3. The van der Waals surface area contributed by atoms with Crippen LogP contribution in [0.1, 0.15) is 13.8 Å². The zero-order chi connectivity index (χ0) is 12.1. The predicted octanol–water partition coefficient (Wildman–Crippen LogP) is 2.66. The molecule has 15 heavy (non-hydrogen) atoms. The second-order valence-electron chi connectivity index (χ2n) is 2.72. The molecule has 0 aliphatic carbocycles. The van der Waals surface area contributed by atoms with E-state index in [1.54, 1.807) is 11.2 Å². The molecule has 0 aliphatic heterocycles. The van der Waals surface area contributed by atoms with E-state index in [-0.39, 0.29) is 0 Å². The molecule has 0 saturated carbocycles. The minimum absolute atomic E-state index is 0.349. The Morgan fingerprint density at radius 2 is 1.80 bits per heavy atom. The third-order valence-corrected chi connectivity index (χ3v) is 2.61. The molecule has 88 valence electrons. The van der Waals surface area contributed by atoms with Crippen LogP contribution < -0.4 is 0 Å². The molecule has 0 aromatic rings. The molecule has 0 aromatic heterocycles. The molecule has 0 spiro atoms. The fraction of sp³-hybridized carbons (Fsp3) is 0.667. The molecule has 0 fully saturated rings. The van der Waals surface area contributed by atoms with Crippen molar-refractivity contribution in [1.82, 2.24) is 4.90 Å². The molecule has 0 N–H and O–H groups in total. The van der Waals surface area contributed by atoms with Crippen LogP contribution in [0.25, 0.3) is 0 Å². The summed E-state index contributed by atoms with van der Waals surface area (Å²) < 4.78 is 36.0. The molecule has 0 rings (SSSR count). The number of thioether (sulfide) groups is 1. The van der Waals surface area contributed by atoms with Gasteiger partial charge in [-0.15, -0.1) is 11.8 Å². The summed E-state index contributed by atoms with van der Waals surface area (Å²) in [6, 6.07) is 0. The molecule has 0 heterocycles. The van der Waals surface area contributed by atoms with Gasteiger partial charge in [0, 0.05) is 19.2 Å². The quantitative estimate of drug-likeness (QED) is 0.690. The highest BCUT2D eigenvalue weighted by Crippen LogP contribution is 2.22. The Morgan fingerprint density at radius 1 is 1.33 bits per heavy atom. The maximum Gasteiger partial charge on any atom is 0.454 e. The molecule has 0 aromatic carbocycles. The Labute approximate surface area is 91.5 Å². The number of nitrogens with zero attached hydrogens (tertiary/aromatic N) is 1. The van der Waals surface area contributed by atoms with Gasteiger partial charge in [0.1, 0.15) is 0 Å². The van der Waals surface area contributed by atoms with Crippen molar-refractivity contribution >= 4 is 17.5 Å². The van der Waals surface area contributed by atoms with Gasteiger partial charge >= 0.3 is 6.18 Å². The molecule has 0 aliphatic rings. The maximum absolute atomic E-state index is 12.0. The smallest absolute Gasteiger partial charge is 0.367 e. The van der Waals surface area contributed by atoms with E-state index < -0.39 is 12.0 Å². The number of halogens is 3. The van der Waals surface area contributed by atoms with Crippen LogP contribution in [0.3, 0.4) is 0 Å². The highest BCUT2D eigenvalue weighted by atomic mass is 32.2. The standard InChI is InChI=1S/C9H14F3NOS/c1-4-13(5-2)8(15-3)6-7(14)9(10,11)12/h6H,4-5H2,1-3H3/b8-6-. The average molecular weight is 241 g/mol. The molecule has 2 nitrogen and oxygen atoms in total. The van der Waals surface area contributed by atoms with E-state index >= 15 is 0 Å². The van der Waals surface area contributed by atoms with Crippen molar-refractivity contribution < 1.29 is 18.0 Å². The van der Waals surface area contributed by atoms with Gasteiger partial charge in [-0.3, -0.25) is 4.79 Å². The highest BCUT2D eigenvalue weighted by molar-refractivity contribution is 8.02. The van der Waals surface area contributed by atoms with Gasteiger partial charge in [-0.05, 0) is 20.1 Å². The molecule has 0 atom stereocenters. The lowest BCUT2D eigenvalue weighted by molar-refractivity contribution is -0.165. The number of ketones is 1. The summed E-state index contributed by atoms with van der Waals surface area (Å²) in [5.41, 5.74) is 0. The van der Waals surface area contributed by atoms with Gasteiger partial charge in [-0.25, -0.2) is 0 Å². The van der Waals surface area contributed by atoms with Crippen LogP contribution in [0.2, 0.25) is 0 Å². The monoisotopic (exact) mass is 241 g/mol. The van der Waals surface area contributed by atoms with Crippen LogP contribution in [0.4, 0.5) is 13.2 Å². The number of carbonyl (C=O) groups is 1. The van der Waals surface area contributed by atoms with Gasteiger partial charge in [-0.1, -0.05) is 0 Å². The van der Waals surface area contributed by atoms with Crippen LogP contribution in [-0.2, 0) is 4.79 Å². The van der Waals surface area contributed by atoms with E-state index in [4.69, 9.17) is 0 Å². The molecular formula is C9H14F3NOS. The summed E-state index contributed by atoms with van der Waals surface area (Å²) in [5.74, 6) is -1.81. The summed E-state index contributed by atoms with van der Waals surface area (Å²) in [5, 5.41) is 0.349. The molecule has 6 heteroatoms. The van der Waals surface area contributed by atoms with Gasteiger partial charge in [0.15, 0.2) is 0 Å². The SMILES string of the molecule is CCN(CC)/C(=C/C(=O)C(F)(F)F)SC. The zero-order valence-electron chi connectivity index (χ0n) is 8.89. The van der Waals surface area contributed by atoms with Gasteiger partial charge in [-0.2, -0.15) is 13.2 Å². The fourth-order valence-corrected chi connectivity index (χ4v) is 1.75. The van der Waals surface area contributed by atoms with E-state index in [0.717, 1.165) is 11.8 Å². The van der Waals surface area contributed by atoms with Crippen molar-refractivity contribution in [3.05, 3.63) is 11.1 Å². The van der Waals surface area contributed by atoms with Gasteiger partial charge in [0.25, 0.3) is 5.78 Å². The van der Waals surface area contributed by atoms with Crippen LogP contribution in [0, 0.1) is 0 Å². The lowest BCUT2D eigenvalue weighted by Gasteiger charge is -2.22. The maximum atomic E-state index is 12.0. The van der Waals surface area contributed by atoms with Crippen molar-refractivity contribution in [3.8, 4) is 0 Å². The molecule has 0 amide bonds. The third kappa shape index (κ3) is 4.59. The number of carbonyl (C=O) groups excluding carboxylic acids is 1. The number of alkyl halides is 3. The Morgan fingerprint density at radius 3 is 2.07 bits per heavy atom. The molecule has 0 radical (unpaired) electrons. The van der Waals surface area contributed by atoms with Crippen molar-refractivity contribution in [1.29, 1.82) is 0 Å². The van der Waals surface area contributed by atoms with Gasteiger partial charge < -0.3 is 4.90 Å². The van der Waals surface area contributed by atoms with Crippen molar-refractivity contribution in [3.63, 3.8) is 0 Å². The van der Waals surface area contributed by atoms with E-state index in [9.17, 15) is 18.0 Å². The fourth-order valence-electron chi connectivity index (χ4n) is 1.01. The Bertz CT molecular complexity index is 246. The predicted molar refractivity (Wildman–Crippen MR) is 55.6 cm³/mol. The summed E-state index contributed by atoms with van der Waals surface area (Å²) in [7, 11) is 0. The summed E-state index contributed by atoms with van der Waals surface area (Å²) >= 11 is 1.14. The number of rotatable bonds is 5. The van der Waals surface area contributed by atoms with Crippen LogP contribution in [0.15, 0.2) is 11.1 Å². The molecule has 0 bridgehead atoms. The Hall–Kier alpha value is -0.650. The summed E-state index contributed by atoms with van der Waals surface area (Å²) in [6.45, 7) is 4.81. The lowest BCUT2D eigenvalue weighted by atomic mass is 10.3. The minimum Gasteiger partial charge on any atom is -0.367 e. The largest absolute Gasteiger partial charge is 0.454 e. The third-order valence-electron chi connectivity index (χ3n) is 1.82. The highest BCUT2D eigenvalue weighted by Gasteiger charge is 2.37. The Kier molecular flexibility index (Phi) is 5.79. The van der Waals surface area contributed by atoms with Gasteiger partial charge in [0.05, 0.1) is 5.03 Å². The minimum atomic E-state index is -4.78. The number of allylic oxidation sites excluding steroid dienone is 1. The zero-order valence-corrected chi connectivity index (χ0v) is 9.71. The van der Waals surface area contributed by atoms with Crippen molar-refractivity contribution in [2.75, 3.05) is 19.3 Å². The molecule has 0 saturated heterocycles. The first-order chi connectivity index (χ1) is 6.86. The average Bonchev–Trinajstić information content (AvgIpc) is 2.16. The van der Waals surface area contributed by atoms with Crippen molar-refractivity contribution in [2.45, 2.75) is 20.0 Å². The normalized spacial score (nSPS) is 12.8. The van der Waals surface area contributed by atoms with Crippen LogP contribution >= 0.6 is 11.8 Å². The lowest BCUT2D eigenvalue weighted by Crippen LogP contribution is -2.25. The molecule has 0 unspecified atom stereocenters. The van der Waals surface area contributed by atoms with Crippen LogP contribution in [-0.4, -0.2) is 36.2 Å². The van der Waals surface area contributed by atoms with Gasteiger partial charge in [0.2, 0.25) is 0 Å². The number of hydrogen-bond donors (Lipinski definition) is 0. The van der Waals surface area contributed by atoms with E-state index in [2.05, 4.69) is 0 Å². The first-order valence-corrected chi connectivity index (χ1v) is 5.71. The van der Waals surface area contributed by atoms with E-state index in [1.165, 1.54) is 0 Å². The van der Waals surface area contributed by atoms with E-state index in [1.807, 2.05) is 13.8 Å². The topological polar surface area (TPSA) is 20.3 Å². The molecular weight excluding hydrogens is 227 g/mol. The second kappa shape index (κ2) is 6.05. The first-order valence-electron chi connectivity index (χ1n) is 4.48. The summed E-state index contributed by atoms with van der Waals surface area (Å²) in [6.07, 6.45) is -2.49. The Balaban J connectivity index is 4.80. The summed E-state index contributed by atoms with van der Waals surface area (Å²) in [4.78, 5) is 12.4.